The molecule has 2 unspecified atom stereocenters. The van der Waals surface area contributed by atoms with E-state index in [1.54, 1.807) is 0 Å². The summed E-state index contributed by atoms with van der Waals surface area (Å²) in [5.41, 5.74) is -0.366. The summed E-state index contributed by atoms with van der Waals surface area (Å²) in [6.45, 7) is 6.49. The lowest BCUT2D eigenvalue weighted by atomic mass is 9.53. The zero-order valence-electron chi connectivity index (χ0n) is 16.0. The van der Waals surface area contributed by atoms with Crippen LogP contribution in [0.1, 0.15) is 46.5 Å². The minimum atomic E-state index is -3.28. The SMILES string of the molecule is CC(NC(=O)NCC1CCCCN1S(C)(=O)=O)[C@@H]1C[C@H](C(=O)O)C1(C)C. The average Bonchev–Trinajstić information content (AvgIpc) is 2.50. The number of sulfonamides is 1. The summed E-state index contributed by atoms with van der Waals surface area (Å²) in [6, 6.07) is -0.708. The van der Waals surface area contributed by atoms with Gasteiger partial charge in [0.05, 0.1) is 12.2 Å². The maximum Gasteiger partial charge on any atom is 0.315 e. The van der Waals surface area contributed by atoms with E-state index in [0.29, 0.717) is 13.0 Å². The number of nitrogens with zero attached hydrogens (tertiary/aromatic N) is 1. The van der Waals surface area contributed by atoms with Crippen molar-refractivity contribution < 1.29 is 23.1 Å². The van der Waals surface area contributed by atoms with Crippen LogP contribution in [-0.2, 0) is 14.8 Å². The van der Waals surface area contributed by atoms with E-state index < -0.39 is 16.0 Å². The molecule has 1 aliphatic heterocycles. The molecule has 1 heterocycles. The zero-order chi connectivity index (χ0) is 19.7. The van der Waals surface area contributed by atoms with Gasteiger partial charge in [0.25, 0.3) is 0 Å². The number of hydrogen-bond acceptors (Lipinski definition) is 4. The second kappa shape index (κ2) is 7.72. The van der Waals surface area contributed by atoms with Crippen molar-refractivity contribution in [1.29, 1.82) is 0 Å². The second-order valence-corrected chi connectivity index (χ2v) is 10.2. The molecule has 3 N–H and O–H groups in total. The Labute approximate surface area is 155 Å². The quantitative estimate of drug-likeness (QED) is 0.632. The Morgan fingerprint density at radius 3 is 2.50 bits per heavy atom. The number of carboxylic acid groups (broad SMARTS) is 1. The fourth-order valence-corrected chi connectivity index (χ4v) is 5.59. The highest BCUT2D eigenvalue weighted by Gasteiger charge is 2.53. The van der Waals surface area contributed by atoms with E-state index in [1.165, 1.54) is 10.6 Å². The van der Waals surface area contributed by atoms with Crippen molar-refractivity contribution in [2.24, 2.45) is 17.3 Å². The molecule has 150 valence electrons. The minimum Gasteiger partial charge on any atom is -0.481 e. The molecule has 0 spiro atoms. The Hall–Kier alpha value is -1.35. The Morgan fingerprint density at radius 1 is 1.31 bits per heavy atom. The van der Waals surface area contributed by atoms with Crippen LogP contribution in [0.2, 0.25) is 0 Å². The zero-order valence-corrected chi connectivity index (χ0v) is 16.8. The standard InChI is InChI=1S/C17H31N3O5S/c1-11(13-9-14(15(21)22)17(13,2)3)19-16(23)18-10-12-7-5-6-8-20(12)26(4,24)25/h11-14H,5-10H2,1-4H3,(H,21,22)(H2,18,19,23)/t11?,12?,13-,14+/m0/s1. The summed E-state index contributed by atoms with van der Waals surface area (Å²) in [7, 11) is -3.28. The van der Waals surface area contributed by atoms with Gasteiger partial charge in [-0.05, 0) is 37.5 Å². The molecule has 8 nitrogen and oxygen atoms in total. The molecule has 2 aliphatic rings. The van der Waals surface area contributed by atoms with E-state index in [9.17, 15) is 23.1 Å². The summed E-state index contributed by atoms with van der Waals surface area (Å²) in [6.07, 6.45) is 4.27. The predicted molar refractivity (Wildman–Crippen MR) is 98.2 cm³/mol. The third-order valence-electron chi connectivity index (χ3n) is 6.10. The third kappa shape index (κ3) is 4.49. The maximum absolute atomic E-state index is 12.2. The van der Waals surface area contributed by atoms with Crippen LogP contribution in [0.15, 0.2) is 0 Å². The number of hydrogen-bond donors (Lipinski definition) is 3. The number of carbonyl (C=O) groups is 2. The first kappa shape index (κ1) is 21.0. The van der Waals surface area contributed by atoms with Crippen molar-refractivity contribution in [1.82, 2.24) is 14.9 Å². The van der Waals surface area contributed by atoms with E-state index >= 15 is 0 Å². The molecular formula is C17H31N3O5S. The molecule has 0 aromatic carbocycles. The van der Waals surface area contributed by atoms with E-state index in [4.69, 9.17) is 0 Å². The normalized spacial score (nSPS) is 30.1. The predicted octanol–water partition coefficient (Wildman–Crippen LogP) is 1.24. The van der Waals surface area contributed by atoms with Gasteiger partial charge in [0.1, 0.15) is 0 Å². The third-order valence-corrected chi connectivity index (χ3v) is 7.43. The molecule has 1 saturated carbocycles. The van der Waals surface area contributed by atoms with Crippen LogP contribution >= 0.6 is 0 Å². The fraction of sp³-hybridized carbons (Fsp3) is 0.882. The Bertz CT molecular complexity index is 649. The van der Waals surface area contributed by atoms with Crippen LogP contribution < -0.4 is 10.6 Å². The van der Waals surface area contributed by atoms with E-state index in [0.717, 1.165) is 19.3 Å². The van der Waals surface area contributed by atoms with Crippen molar-refractivity contribution in [3.63, 3.8) is 0 Å². The molecule has 0 bridgehead atoms. The van der Waals surface area contributed by atoms with Gasteiger partial charge in [0.15, 0.2) is 0 Å². The molecule has 1 aliphatic carbocycles. The molecule has 0 radical (unpaired) electrons. The van der Waals surface area contributed by atoms with Gasteiger partial charge in [-0.25, -0.2) is 13.2 Å². The molecule has 9 heteroatoms. The number of aliphatic carboxylic acids is 1. The number of carboxylic acids is 1. The Balaban J connectivity index is 1.84. The van der Waals surface area contributed by atoms with Gasteiger partial charge < -0.3 is 15.7 Å². The Morgan fingerprint density at radius 2 is 1.96 bits per heavy atom. The van der Waals surface area contributed by atoms with Crippen molar-refractivity contribution in [2.45, 2.75) is 58.5 Å². The number of amides is 2. The molecule has 4 atom stereocenters. The molecule has 2 rings (SSSR count). The average molecular weight is 390 g/mol. The van der Waals surface area contributed by atoms with Gasteiger partial charge in [-0.15, -0.1) is 0 Å². The van der Waals surface area contributed by atoms with E-state index in [-0.39, 0.29) is 41.9 Å². The van der Waals surface area contributed by atoms with Crippen molar-refractivity contribution >= 4 is 22.0 Å². The van der Waals surface area contributed by atoms with Gasteiger partial charge in [0, 0.05) is 25.2 Å². The number of rotatable bonds is 6. The first-order valence-corrected chi connectivity index (χ1v) is 11.0. The Kier molecular flexibility index (Phi) is 6.22. The van der Waals surface area contributed by atoms with Crippen LogP contribution in [0, 0.1) is 17.3 Å². The lowest BCUT2D eigenvalue weighted by Crippen LogP contribution is -2.58. The summed E-state index contributed by atoms with van der Waals surface area (Å²) < 4.78 is 25.2. The first-order valence-electron chi connectivity index (χ1n) is 9.18. The summed E-state index contributed by atoms with van der Waals surface area (Å²) in [4.78, 5) is 23.4. The first-order chi connectivity index (χ1) is 11.9. The number of carbonyl (C=O) groups excluding carboxylic acids is 1. The molecule has 0 aromatic heterocycles. The highest BCUT2D eigenvalue weighted by atomic mass is 32.2. The van der Waals surface area contributed by atoms with Gasteiger partial charge in [-0.1, -0.05) is 20.3 Å². The monoisotopic (exact) mass is 389 g/mol. The van der Waals surface area contributed by atoms with Crippen LogP contribution in [0.4, 0.5) is 4.79 Å². The lowest BCUT2D eigenvalue weighted by molar-refractivity contribution is -0.160. The topological polar surface area (TPSA) is 116 Å². The maximum atomic E-state index is 12.2. The van der Waals surface area contributed by atoms with Crippen molar-refractivity contribution in [3.05, 3.63) is 0 Å². The van der Waals surface area contributed by atoms with E-state index in [2.05, 4.69) is 10.6 Å². The molecule has 2 amide bonds. The highest BCUT2D eigenvalue weighted by molar-refractivity contribution is 7.88. The van der Waals surface area contributed by atoms with Gasteiger partial charge in [-0.3, -0.25) is 4.79 Å². The molecule has 1 saturated heterocycles. The number of piperidine rings is 1. The largest absolute Gasteiger partial charge is 0.481 e. The van der Waals surface area contributed by atoms with Gasteiger partial charge >= 0.3 is 12.0 Å². The van der Waals surface area contributed by atoms with Gasteiger partial charge in [-0.2, -0.15) is 4.31 Å². The smallest absolute Gasteiger partial charge is 0.315 e. The summed E-state index contributed by atoms with van der Waals surface area (Å²) >= 11 is 0. The fourth-order valence-electron chi connectivity index (χ4n) is 4.41. The van der Waals surface area contributed by atoms with Crippen LogP contribution in [0.5, 0.6) is 0 Å². The number of urea groups is 1. The molecule has 0 aromatic rings. The van der Waals surface area contributed by atoms with Crippen molar-refractivity contribution in [3.8, 4) is 0 Å². The summed E-state index contributed by atoms with van der Waals surface area (Å²) in [5, 5.41) is 14.9. The van der Waals surface area contributed by atoms with Crippen LogP contribution in [0.3, 0.4) is 0 Å². The van der Waals surface area contributed by atoms with Crippen LogP contribution in [-0.4, -0.2) is 61.3 Å². The number of nitrogens with one attached hydrogen (secondary N) is 2. The molecule has 26 heavy (non-hydrogen) atoms. The molecule has 2 fully saturated rings. The minimum absolute atomic E-state index is 0.0940. The van der Waals surface area contributed by atoms with E-state index in [1.807, 2.05) is 20.8 Å². The molecular weight excluding hydrogens is 358 g/mol. The van der Waals surface area contributed by atoms with Gasteiger partial charge in [0.2, 0.25) is 10.0 Å². The second-order valence-electron chi connectivity index (χ2n) is 8.22. The van der Waals surface area contributed by atoms with Crippen LogP contribution in [0.25, 0.3) is 0 Å². The highest BCUT2D eigenvalue weighted by Crippen LogP contribution is 2.52. The van der Waals surface area contributed by atoms with Crippen molar-refractivity contribution in [2.75, 3.05) is 19.3 Å². The summed E-state index contributed by atoms with van der Waals surface area (Å²) in [5.74, 6) is -1.08. The lowest BCUT2D eigenvalue weighted by Gasteiger charge is -2.52.